The molecular formula is C20H22ClN5O4S. The van der Waals surface area contributed by atoms with Crippen molar-refractivity contribution in [2.75, 3.05) is 23.4 Å². The molecule has 1 saturated heterocycles. The van der Waals surface area contributed by atoms with Gasteiger partial charge in [-0.25, -0.2) is 17.9 Å². The van der Waals surface area contributed by atoms with E-state index in [9.17, 15) is 13.2 Å². The van der Waals surface area contributed by atoms with Gasteiger partial charge in [-0.15, -0.1) is 0 Å². The van der Waals surface area contributed by atoms with E-state index < -0.39 is 15.4 Å². The molecule has 0 bridgehead atoms. The number of morpholine rings is 1. The number of amides is 1. The lowest BCUT2D eigenvalue weighted by Crippen LogP contribution is -2.57. The summed E-state index contributed by atoms with van der Waals surface area (Å²) >= 11 is 6.35. The summed E-state index contributed by atoms with van der Waals surface area (Å²) in [5, 5.41) is 4.59. The Morgan fingerprint density at radius 2 is 2.00 bits per heavy atom. The molecule has 9 nitrogen and oxygen atoms in total. The molecule has 0 radical (unpaired) electrons. The Balaban J connectivity index is 1.95. The highest BCUT2D eigenvalue weighted by Gasteiger charge is 2.41. The van der Waals surface area contributed by atoms with E-state index in [1.54, 1.807) is 32.0 Å². The van der Waals surface area contributed by atoms with Crippen LogP contribution < -0.4 is 10.6 Å². The molecular weight excluding hydrogens is 442 g/mol. The average molecular weight is 464 g/mol. The number of halogens is 1. The van der Waals surface area contributed by atoms with Crippen LogP contribution in [0.5, 0.6) is 0 Å². The number of ether oxygens (including phenoxy) is 1. The summed E-state index contributed by atoms with van der Waals surface area (Å²) in [6, 6.07) is 6.46. The third-order valence-electron chi connectivity index (χ3n) is 5.18. The van der Waals surface area contributed by atoms with E-state index in [0.717, 1.165) is 6.26 Å². The number of nitrogens with zero attached hydrogens (tertiary/aromatic N) is 4. The van der Waals surface area contributed by atoms with Crippen LogP contribution in [0.3, 0.4) is 0 Å². The second-order valence-electron chi connectivity index (χ2n) is 8.09. The molecule has 31 heavy (non-hydrogen) atoms. The molecule has 1 fully saturated rings. The molecule has 0 spiro atoms. The van der Waals surface area contributed by atoms with Gasteiger partial charge in [-0.3, -0.25) is 4.79 Å². The summed E-state index contributed by atoms with van der Waals surface area (Å²) in [7, 11) is -3.62. The fourth-order valence-electron chi connectivity index (χ4n) is 3.89. The van der Waals surface area contributed by atoms with Crippen LogP contribution in [-0.2, 0) is 19.4 Å². The summed E-state index contributed by atoms with van der Waals surface area (Å²) in [5.41, 5.74) is 6.78. The number of aromatic nitrogens is 3. The molecule has 2 N–H and O–H groups in total. The lowest BCUT2D eigenvalue weighted by Gasteiger charge is -2.41. The van der Waals surface area contributed by atoms with Crippen molar-refractivity contribution in [1.82, 2.24) is 14.6 Å². The van der Waals surface area contributed by atoms with Crippen molar-refractivity contribution in [2.24, 2.45) is 0 Å². The Labute approximate surface area is 184 Å². The molecule has 3 aromatic rings. The van der Waals surface area contributed by atoms with E-state index in [1.165, 1.54) is 21.8 Å². The molecule has 1 aliphatic heterocycles. The van der Waals surface area contributed by atoms with Crippen LogP contribution in [0.4, 0.5) is 11.5 Å². The number of carbonyl (C=O) groups excluding carboxylic acids is 1. The summed E-state index contributed by atoms with van der Waals surface area (Å²) in [6.07, 6.45) is 2.14. The summed E-state index contributed by atoms with van der Waals surface area (Å²) < 4.78 is 32.3. The molecule has 1 atom stereocenters. The third kappa shape index (κ3) is 3.64. The predicted octanol–water partition coefficient (Wildman–Crippen LogP) is 2.57. The van der Waals surface area contributed by atoms with Gasteiger partial charge in [-0.1, -0.05) is 17.7 Å². The van der Waals surface area contributed by atoms with E-state index in [1.807, 2.05) is 6.92 Å². The Bertz CT molecular complexity index is 1320. The van der Waals surface area contributed by atoms with Crippen molar-refractivity contribution in [3.63, 3.8) is 0 Å². The molecule has 164 valence electrons. The maximum atomic E-state index is 13.1. The van der Waals surface area contributed by atoms with E-state index in [0.29, 0.717) is 21.8 Å². The van der Waals surface area contributed by atoms with Gasteiger partial charge in [0, 0.05) is 11.8 Å². The van der Waals surface area contributed by atoms with Crippen LogP contribution in [0.1, 0.15) is 20.8 Å². The van der Waals surface area contributed by atoms with Crippen LogP contribution in [0, 0.1) is 0 Å². The SMILES string of the molecule is C[C@@H]1CN(c2cc(-c3cc(Cl)c4c(N)ncnn34)ccc2S(C)(=O)=O)C(=O)C(C)(C)O1. The Morgan fingerprint density at radius 1 is 1.29 bits per heavy atom. The Hall–Kier alpha value is -2.69. The maximum absolute atomic E-state index is 13.1. The molecule has 4 rings (SSSR count). The number of hydrogen-bond acceptors (Lipinski definition) is 7. The number of hydrogen-bond donors (Lipinski definition) is 1. The topological polar surface area (TPSA) is 120 Å². The van der Waals surface area contributed by atoms with Crippen molar-refractivity contribution in [2.45, 2.75) is 37.4 Å². The highest BCUT2D eigenvalue weighted by molar-refractivity contribution is 7.90. The van der Waals surface area contributed by atoms with Crippen LogP contribution in [0.2, 0.25) is 5.02 Å². The van der Waals surface area contributed by atoms with Gasteiger partial charge in [0.1, 0.15) is 17.4 Å². The molecule has 0 unspecified atom stereocenters. The Morgan fingerprint density at radius 3 is 2.68 bits per heavy atom. The van der Waals surface area contributed by atoms with Crippen molar-refractivity contribution in [3.05, 3.63) is 35.6 Å². The van der Waals surface area contributed by atoms with Crippen LogP contribution in [-0.4, -0.2) is 53.4 Å². The normalized spacial score (nSPS) is 19.2. The summed E-state index contributed by atoms with van der Waals surface area (Å²) in [5.74, 6) is -0.101. The summed E-state index contributed by atoms with van der Waals surface area (Å²) in [6.45, 7) is 5.40. The molecule has 0 saturated carbocycles. The van der Waals surface area contributed by atoms with Crippen molar-refractivity contribution < 1.29 is 17.9 Å². The number of rotatable bonds is 3. The molecule has 0 aliphatic carbocycles. The van der Waals surface area contributed by atoms with Gasteiger partial charge in [0.15, 0.2) is 15.7 Å². The molecule has 3 heterocycles. The first-order valence-electron chi connectivity index (χ1n) is 9.52. The first kappa shape index (κ1) is 21.5. The first-order valence-corrected chi connectivity index (χ1v) is 11.8. The van der Waals surface area contributed by atoms with Gasteiger partial charge < -0.3 is 15.4 Å². The zero-order valence-corrected chi connectivity index (χ0v) is 19.0. The van der Waals surface area contributed by atoms with Crippen LogP contribution in [0.25, 0.3) is 16.8 Å². The maximum Gasteiger partial charge on any atom is 0.258 e. The number of carbonyl (C=O) groups is 1. The number of sulfone groups is 1. The van der Waals surface area contributed by atoms with Crippen molar-refractivity contribution >= 4 is 44.4 Å². The van der Waals surface area contributed by atoms with Gasteiger partial charge in [0.25, 0.3) is 5.91 Å². The first-order chi connectivity index (χ1) is 14.4. The minimum atomic E-state index is -3.62. The number of nitrogens with two attached hydrogens (primary N) is 1. The second-order valence-corrected chi connectivity index (χ2v) is 10.5. The van der Waals surface area contributed by atoms with E-state index in [-0.39, 0.29) is 35.0 Å². The van der Waals surface area contributed by atoms with E-state index in [2.05, 4.69) is 10.1 Å². The number of benzene rings is 1. The molecule has 1 aliphatic rings. The van der Waals surface area contributed by atoms with Gasteiger partial charge in [0.2, 0.25) is 0 Å². The molecule has 1 aromatic carbocycles. The third-order valence-corrected chi connectivity index (χ3v) is 6.61. The molecule has 1 amide bonds. The highest BCUT2D eigenvalue weighted by atomic mass is 35.5. The minimum absolute atomic E-state index is 0.0515. The lowest BCUT2D eigenvalue weighted by molar-refractivity contribution is -0.153. The lowest BCUT2D eigenvalue weighted by atomic mass is 10.0. The number of fused-ring (bicyclic) bond motifs is 1. The van der Waals surface area contributed by atoms with E-state index >= 15 is 0 Å². The van der Waals surface area contributed by atoms with Crippen LogP contribution in [0.15, 0.2) is 35.5 Å². The fraction of sp³-hybridized carbons (Fsp3) is 0.350. The molecule has 2 aromatic heterocycles. The van der Waals surface area contributed by atoms with Gasteiger partial charge in [0.05, 0.1) is 33.9 Å². The van der Waals surface area contributed by atoms with Crippen molar-refractivity contribution in [1.29, 1.82) is 0 Å². The zero-order chi connectivity index (χ0) is 22.7. The predicted molar refractivity (Wildman–Crippen MR) is 118 cm³/mol. The quantitative estimate of drug-likeness (QED) is 0.633. The minimum Gasteiger partial charge on any atom is -0.382 e. The van der Waals surface area contributed by atoms with Crippen LogP contribution >= 0.6 is 11.6 Å². The average Bonchev–Trinajstić information content (AvgIpc) is 3.01. The monoisotopic (exact) mass is 463 g/mol. The van der Waals surface area contributed by atoms with Gasteiger partial charge in [-0.05, 0) is 39.0 Å². The largest absolute Gasteiger partial charge is 0.382 e. The standard InChI is InChI=1S/C20H22ClN5O4S/c1-11-9-25(19(27)20(2,3)30-11)15-7-12(5-6-16(15)31(4,28)29)14-8-13(21)17-18(22)23-10-24-26(14)17/h5-8,10-11H,9H2,1-4H3,(H2,22,23,24)/t11-/m1/s1. The smallest absolute Gasteiger partial charge is 0.258 e. The number of anilines is 2. The highest BCUT2D eigenvalue weighted by Crippen LogP contribution is 2.37. The van der Waals surface area contributed by atoms with E-state index in [4.69, 9.17) is 22.1 Å². The Kier molecular flexibility index (Phi) is 4.99. The zero-order valence-electron chi connectivity index (χ0n) is 17.5. The molecule has 11 heteroatoms. The number of nitrogen functional groups attached to an aromatic ring is 1. The van der Waals surface area contributed by atoms with Crippen molar-refractivity contribution in [3.8, 4) is 11.3 Å². The van der Waals surface area contributed by atoms with Gasteiger partial charge in [-0.2, -0.15) is 5.10 Å². The summed E-state index contributed by atoms with van der Waals surface area (Å²) in [4.78, 5) is 18.6. The second kappa shape index (κ2) is 7.18. The fourth-order valence-corrected chi connectivity index (χ4v) is 5.04. The van der Waals surface area contributed by atoms with Gasteiger partial charge >= 0.3 is 0 Å².